The Morgan fingerprint density at radius 3 is 2.43 bits per heavy atom. The molecule has 2 rings (SSSR count). The molecule has 4 atom stereocenters. The van der Waals surface area contributed by atoms with Crippen LogP contribution in [0, 0.1) is 5.21 Å². The molecule has 19 nitrogen and oxygen atoms in total. The number of nitrogens with zero attached hydrogens (tertiary/aromatic N) is 1. The quantitative estimate of drug-likeness (QED) is 0.0308. The Morgan fingerprint density at radius 1 is 1.07 bits per heavy atom. The number of amides is 5. The van der Waals surface area contributed by atoms with Gasteiger partial charge in [-0.25, -0.2) is 14.6 Å². The monoisotopic (exact) mass is 651 g/mol. The van der Waals surface area contributed by atoms with Crippen LogP contribution in [0.15, 0.2) is 35.3 Å². The molecule has 5 amide bonds. The topological polar surface area (TPSA) is 290 Å². The lowest BCUT2D eigenvalue weighted by molar-refractivity contribution is -1.08. The number of ether oxygens (including phenoxy) is 1. The zero-order valence-electron chi connectivity index (χ0n) is 25.1. The Labute approximate surface area is 264 Å². The highest BCUT2D eigenvalue weighted by Gasteiger charge is 2.29. The normalized spacial score (nSPS) is 16.3. The van der Waals surface area contributed by atoms with E-state index < -0.39 is 59.8 Å². The summed E-state index contributed by atoms with van der Waals surface area (Å²) in [6, 6.07) is 5.79. The second kappa shape index (κ2) is 20.1. The molecule has 0 radical (unpaired) electrons. The summed E-state index contributed by atoms with van der Waals surface area (Å²) >= 11 is 0. The predicted molar refractivity (Wildman–Crippen MR) is 159 cm³/mol. The number of nitrogens with two attached hydrogens (primary N) is 1. The van der Waals surface area contributed by atoms with Gasteiger partial charge in [0.2, 0.25) is 29.6 Å². The molecule has 0 spiro atoms. The molecule has 0 saturated carbocycles. The van der Waals surface area contributed by atoms with Crippen molar-refractivity contribution < 1.29 is 49.2 Å². The molecule has 19 heteroatoms. The van der Waals surface area contributed by atoms with Crippen LogP contribution in [0.5, 0.6) is 0 Å². The summed E-state index contributed by atoms with van der Waals surface area (Å²) in [5.74, 6) is -4.06. The van der Waals surface area contributed by atoms with Crippen molar-refractivity contribution in [2.24, 2.45) is 10.7 Å². The first-order valence-corrected chi connectivity index (χ1v) is 14.6. The van der Waals surface area contributed by atoms with Gasteiger partial charge in [-0.05, 0) is 44.1 Å². The molecule has 0 aromatic heterocycles. The first-order chi connectivity index (χ1) is 21.9. The number of nitrogens with one attached hydrogen (secondary N) is 7. The molecular formula is C27H41N9O10. The first kappa shape index (κ1) is 37.2. The molecule has 1 unspecified atom stereocenters. The highest BCUT2D eigenvalue weighted by atomic mass is 16.8. The molecule has 11 N–H and O–H groups in total. The number of guanidine groups is 1. The van der Waals surface area contributed by atoms with Crippen LogP contribution in [-0.2, 0) is 35.3 Å². The van der Waals surface area contributed by atoms with Crippen LogP contribution in [0.25, 0.3) is 0 Å². The van der Waals surface area contributed by atoms with Gasteiger partial charge in [-0.15, -0.1) is 5.34 Å². The summed E-state index contributed by atoms with van der Waals surface area (Å²) in [7, 11) is 0. The molecule has 46 heavy (non-hydrogen) atoms. The third-order valence-corrected chi connectivity index (χ3v) is 6.57. The summed E-state index contributed by atoms with van der Waals surface area (Å²) in [6.45, 7) is -0.213. The summed E-state index contributed by atoms with van der Waals surface area (Å²) < 4.78 is 5.14. The highest BCUT2D eigenvalue weighted by Crippen LogP contribution is 2.07. The maximum absolute atomic E-state index is 13.1. The Morgan fingerprint density at radius 2 is 1.78 bits per heavy atom. The molecule has 1 saturated heterocycles. The fourth-order valence-electron chi connectivity index (χ4n) is 4.23. The largest absolute Gasteiger partial charge is 0.574 e. The van der Waals surface area contributed by atoms with Gasteiger partial charge in [0, 0.05) is 19.5 Å². The maximum Gasteiger partial charge on any atom is 0.407 e. The van der Waals surface area contributed by atoms with Crippen LogP contribution in [-0.4, -0.2) is 89.7 Å². The lowest BCUT2D eigenvalue weighted by Gasteiger charge is -2.22. The molecule has 1 aliphatic heterocycles. The van der Waals surface area contributed by atoms with Crippen molar-refractivity contribution in [2.45, 2.75) is 69.7 Å². The van der Waals surface area contributed by atoms with Crippen LogP contribution in [0.3, 0.4) is 0 Å². The molecule has 1 aromatic carbocycles. The van der Waals surface area contributed by atoms with Crippen molar-refractivity contribution in [1.29, 1.82) is 0 Å². The number of aliphatic carboxylic acids is 1. The van der Waals surface area contributed by atoms with E-state index in [-0.39, 0.29) is 63.7 Å². The van der Waals surface area contributed by atoms with Crippen molar-refractivity contribution in [3.63, 3.8) is 0 Å². The van der Waals surface area contributed by atoms with E-state index in [9.17, 15) is 39.1 Å². The summed E-state index contributed by atoms with van der Waals surface area (Å²) in [6.07, 6.45) is 0.694. The fraction of sp³-hybridized carbons (Fsp3) is 0.519. The second-order valence-corrected chi connectivity index (χ2v) is 10.2. The number of carboxylic acid groups (broad SMARTS) is 1. The SMILES string of the molecule is NC(=NCCC[C@H](NC(=O)[C@H](CCCCNC(=O)OCc1ccccc1)NC(=O)CNC(=O)[C@H]1CCC(=O)N1)C(=O)O)N[NH+]([O-])O. The van der Waals surface area contributed by atoms with Crippen molar-refractivity contribution >= 4 is 41.7 Å². The van der Waals surface area contributed by atoms with E-state index >= 15 is 0 Å². The molecule has 1 fully saturated rings. The average molecular weight is 652 g/mol. The maximum atomic E-state index is 13.1. The van der Waals surface area contributed by atoms with E-state index in [4.69, 9.17) is 15.7 Å². The smallest absolute Gasteiger partial charge is 0.407 e. The minimum Gasteiger partial charge on any atom is -0.574 e. The van der Waals surface area contributed by atoms with Gasteiger partial charge in [0.15, 0.2) is 0 Å². The van der Waals surface area contributed by atoms with Gasteiger partial charge >= 0.3 is 12.1 Å². The summed E-state index contributed by atoms with van der Waals surface area (Å²) in [4.78, 5) is 76.8. The number of rotatable bonds is 19. The Bertz CT molecular complexity index is 1220. The highest BCUT2D eigenvalue weighted by molar-refractivity contribution is 5.94. The minimum absolute atomic E-state index is 0.0200. The lowest BCUT2D eigenvalue weighted by atomic mass is 10.1. The van der Waals surface area contributed by atoms with Crippen LogP contribution in [0.4, 0.5) is 4.79 Å². The van der Waals surface area contributed by atoms with Gasteiger partial charge in [0.05, 0.1) is 6.54 Å². The van der Waals surface area contributed by atoms with Crippen LogP contribution >= 0.6 is 0 Å². The number of quaternary nitrogens is 1. The van der Waals surface area contributed by atoms with Gasteiger partial charge in [-0.2, -0.15) is 10.6 Å². The predicted octanol–water partition coefficient (Wildman–Crippen LogP) is -3.10. The van der Waals surface area contributed by atoms with Crippen molar-refractivity contribution in [2.75, 3.05) is 19.6 Å². The number of hydrogen-bond donors (Lipinski definition) is 10. The van der Waals surface area contributed by atoms with Gasteiger partial charge < -0.3 is 47.4 Å². The zero-order chi connectivity index (χ0) is 33.9. The van der Waals surface area contributed by atoms with Crippen molar-refractivity contribution in [1.82, 2.24) is 32.0 Å². The van der Waals surface area contributed by atoms with Gasteiger partial charge in [0.25, 0.3) is 0 Å². The van der Waals surface area contributed by atoms with Crippen LogP contribution < -0.4 is 43.1 Å². The van der Waals surface area contributed by atoms with E-state index in [1.54, 1.807) is 0 Å². The van der Waals surface area contributed by atoms with E-state index in [1.807, 2.05) is 35.8 Å². The van der Waals surface area contributed by atoms with E-state index in [0.29, 0.717) is 12.8 Å². The number of carbonyl (C=O) groups excluding carboxylic acids is 5. The molecule has 1 aliphatic rings. The first-order valence-electron chi connectivity index (χ1n) is 14.6. The third-order valence-electron chi connectivity index (χ3n) is 6.57. The number of benzene rings is 1. The van der Waals surface area contributed by atoms with E-state index in [2.05, 4.69) is 31.6 Å². The van der Waals surface area contributed by atoms with Crippen LogP contribution in [0.1, 0.15) is 50.5 Å². The molecule has 1 heterocycles. The standard InChI is InChI=1S/C27H41N9O10/c28-26(35-36(44)45)29-14-6-10-20(25(41)42)34-24(40)18(33-22(38)15-31-23(39)19-11-12-21(37)32-19)9-4-5-13-30-27(43)46-16-17-7-2-1-3-8-17/h1-3,7-8,18-20,36,44H,4-6,9-16H2,(H,30,43)(H,31,39)(H,32,37)(H,33,38)(H,34,40)(H,41,42)(H3,28,29,35)/t18-,19+,20-/m0/s1. The third kappa shape index (κ3) is 15.1. The number of aliphatic imine (C=N–C) groups is 1. The van der Waals surface area contributed by atoms with Crippen molar-refractivity contribution in [3.05, 3.63) is 41.1 Å². The second-order valence-electron chi connectivity index (χ2n) is 10.2. The Hall–Kier alpha value is -5.01. The zero-order valence-corrected chi connectivity index (χ0v) is 25.1. The molecule has 1 aromatic rings. The lowest BCUT2D eigenvalue weighted by Crippen LogP contribution is -3.13. The Kier molecular flexibility index (Phi) is 16.2. The summed E-state index contributed by atoms with van der Waals surface area (Å²) in [5, 5.41) is 39.8. The average Bonchev–Trinajstić information content (AvgIpc) is 3.45. The van der Waals surface area contributed by atoms with Gasteiger partial charge in [0.1, 0.15) is 24.7 Å². The molecule has 0 bridgehead atoms. The summed E-state index contributed by atoms with van der Waals surface area (Å²) in [5.41, 5.74) is 8.05. The van der Waals surface area contributed by atoms with E-state index in [0.717, 1.165) is 5.56 Å². The number of hydrogen-bond acceptors (Lipinski definition) is 10. The molecular weight excluding hydrogens is 610 g/mol. The van der Waals surface area contributed by atoms with Crippen molar-refractivity contribution in [3.8, 4) is 0 Å². The van der Waals surface area contributed by atoms with Crippen LogP contribution in [0.2, 0.25) is 0 Å². The number of alkyl carbamates (subject to hydrolysis) is 1. The fourth-order valence-corrected chi connectivity index (χ4v) is 4.23. The van der Waals surface area contributed by atoms with E-state index in [1.165, 1.54) is 0 Å². The Balaban J connectivity index is 1.89. The number of carboxylic acids is 1. The number of carbonyl (C=O) groups is 6. The number of unbranched alkanes of at least 4 members (excludes halogenated alkanes) is 1. The van der Waals surface area contributed by atoms with Gasteiger partial charge in [-0.1, -0.05) is 30.3 Å². The molecule has 0 aliphatic carbocycles. The molecule has 254 valence electrons. The minimum atomic E-state index is -1.41. The van der Waals surface area contributed by atoms with Gasteiger partial charge in [-0.3, -0.25) is 19.2 Å².